The number of rotatable bonds is 11. The highest BCUT2D eigenvalue weighted by Crippen LogP contribution is 2.38. The number of likely N-dealkylation sites (tertiary alicyclic amines) is 1. The third kappa shape index (κ3) is 6.55. The number of likely N-dealkylation sites (N-methyl/N-ethyl adjacent to an activating group) is 1. The first-order valence-corrected chi connectivity index (χ1v) is 15.1. The fourth-order valence-electron chi connectivity index (χ4n) is 6.29. The summed E-state index contributed by atoms with van der Waals surface area (Å²) in [6.07, 6.45) is 9.68. The molecule has 0 amide bonds. The van der Waals surface area contributed by atoms with Crippen molar-refractivity contribution in [3.05, 3.63) is 11.1 Å². The summed E-state index contributed by atoms with van der Waals surface area (Å²) in [6, 6.07) is 0.867. The van der Waals surface area contributed by atoms with Crippen molar-refractivity contribution in [1.29, 1.82) is 10.8 Å². The predicted molar refractivity (Wildman–Crippen MR) is 145 cm³/mol. The van der Waals surface area contributed by atoms with Crippen molar-refractivity contribution >= 4 is 22.5 Å². The second-order valence-electron chi connectivity index (χ2n) is 11.4. The van der Waals surface area contributed by atoms with Gasteiger partial charge in [0, 0.05) is 68.7 Å². The van der Waals surface area contributed by atoms with Crippen LogP contribution in [0.25, 0.3) is 0 Å². The molecule has 36 heavy (non-hydrogen) atoms. The Bertz CT molecular complexity index is 891. The summed E-state index contributed by atoms with van der Waals surface area (Å²) < 4.78 is 41.7. The van der Waals surface area contributed by atoms with Gasteiger partial charge < -0.3 is 21.5 Å². The fourth-order valence-corrected chi connectivity index (χ4v) is 7.72. The van der Waals surface area contributed by atoms with Gasteiger partial charge in [-0.05, 0) is 70.4 Å². The van der Waals surface area contributed by atoms with Crippen LogP contribution in [-0.2, 0) is 10.0 Å². The molecule has 1 aliphatic heterocycles. The van der Waals surface area contributed by atoms with Crippen LogP contribution in [0, 0.1) is 22.7 Å². The van der Waals surface area contributed by atoms with Crippen LogP contribution in [0.15, 0.2) is 11.1 Å². The summed E-state index contributed by atoms with van der Waals surface area (Å²) in [5.41, 5.74) is -0.564. The standard InChI is InChI=1S/C26H47FN6O2S/c1-5-11-30-17-23(16-29)36(34,35)32(4)26(3)10-12-33(18-26)25-14-20(15-28)24(13-19(25)2)31-22-8-6-21(27)7-9-22/h15-17,19-22,24-25,28-31H,5-14,18H2,1-4H3/b23-17+,28-15?,29-16?. The van der Waals surface area contributed by atoms with Gasteiger partial charge in [-0.3, -0.25) is 4.90 Å². The Hall–Kier alpha value is -1.36. The molecule has 5 atom stereocenters. The molecule has 2 aliphatic carbocycles. The fraction of sp³-hybridized carbons (Fsp3) is 0.846. The lowest BCUT2D eigenvalue weighted by Gasteiger charge is -2.45. The van der Waals surface area contributed by atoms with Gasteiger partial charge in [-0.25, -0.2) is 12.8 Å². The van der Waals surface area contributed by atoms with E-state index in [1.54, 1.807) is 13.3 Å². The average molecular weight is 527 g/mol. The zero-order valence-electron chi connectivity index (χ0n) is 22.5. The maximum absolute atomic E-state index is 13.6. The summed E-state index contributed by atoms with van der Waals surface area (Å²) in [5, 5.41) is 22.5. The highest BCUT2D eigenvalue weighted by molar-refractivity contribution is 7.93. The molecule has 4 N–H and O–H groups in total. The molecule has 10 heteroatoms. The lowest BCUT2D eigenvalue weighted by Crippen LogP contribution is -2.55. The van der Waals surface area contributed by atoms with Crippen LogP contribution in [0.3, 0.4) is 0 Å². The number of halogens is 1. The molecule has 1 saturated heterocycles. The largest absolute Gasteiger partial charge is 0.390 e. The highest BCUT2D eigenvalue weighted by Gasteiger charge is 2.47. The quantitative estimate of drug-likeness (QED) is 0.243. The molecule has 3 fully saturated rings. The maximum Gasteiger partial charge on any atom is 0.246 e. The number of hydrogen-bond acceptors (Lipinski definition) is 7. The third-order valence-corrected chi connectivity index (χ3v) is 10.8. The Morgan fingerprint density at radius 3 is 2.53 bits per heavy atom. The zero-order valence-corrected chi connectivity index (χ0v) is 23.3. The minimum absolute atomic E-state index is 0.0243. The Morgan fingerprint density at radius 2 is 1.92 bits per heavy atom. The van der Waals surface area contributed by atoms with Gasteiger partial charge in [-0.15, -0.1) is 0 Å². The minimum Gasteiger partial charge on any atom is -0.390 e. The summed E-state index contributed by atoms with van der Waals surface area (Å²) in [7, 11) is -2.16. The lowest BCUT2D eigenvalue weighted by molar-refractivity contribution is 0.0858. The molecule has 0 spiro atoms. The van der Waals surface area contributed by atoms with E-state index in [9.17, 15) is 12.8 Å². The van der Waals surface area contributed by atoms with E-state index in [1.807, 2.05) is 13.8 Å². The van der Waals surface area contributed by atoms with Crippen molar-refractivity contribution in [3.8, 4) is 0 Å². The number of allylic oxidation sites excluding steroid dienone is 1. The predicted octanol–water partition coefficient (Wildman–Crippen LogP) is 3.51. The van der Waals surface area contributed by atoms with Gasteiger partial charge in [0.05, 0.1) is 0 Å². The van der Waals surface area contributed by atoms with Gasteiger partial charge >= 0.3 is 0 Å². The molecule has 1 heterocycles. The first kappa shape index (κ1) is 29.2. The monoisotopic (exact) mass is 526 g/mol. The molecule has 0 radical (unpaired) electrons. The molecular weight excluding hydrogens is 479 g/mol. The van der Waals surface area contributed by atoms with E-state index >= 15 is 0 Å². The van der Waals surface area contributed by atoms with Crippen molar-refractivity contribution in [2.24, 2.45) is 11.8 Å². The van der Waals surface area contributed by atoms with E-state index in [0.717, 1.165) is 51.3 Å². The van der Waals surface area contributed by atoms with E-state index in [0.29, 0.717) is 37.9 Å². The van der Waals surface area contributed by atoms with E-state index in [1.165, 1.54) is 10.5 Å². The molecule has 0 aromatic rings. The van der Waals surface area contributed by atoms with Crippen LogP contribution in [0.5, 0.6) is 0 Å². The molecule has 5 unspecified atom stereocenters. The topological polar surface area (TPSA) is 112 Å². The lowest BCUT2D eigenvalue weighted by atomic mass is 9.75. The summed E-state index contributed by atoms with van der Waals surface area (Å²) in [4.78, 5) is 2.39. The third-order valence-electron chi connectivity index (χ3n) is 8.78. The van der Waals surface area contributed by atoms with Crippen molar-refractivity contribution in [2.45, 2.75) is 102 Å². The molecule has 3 aliphatic rings. The van der Waals surface area contributed by atoms with E-state index in [2.05, 4.69) is 22.5 Å². The van der Waals surface area contributed by atoms with Gasteiger partial charge in [-0.2, -0.15) is 4.31 Å². The first-order valence-electron chi connectivity index (χ1n) is 13.6. The minimum atomic E-state index is -3.80. The average Bonchev–Trinajstić information content (AvgIpc) is 3.25. The number of nitrogens with one attached hydrogen (secondary N) is 4. The van der Waals surface area contributed by atoms with Crippen LogP contribution in [0.2, 0.25) is 0 Å². The Kier molecular flexibility index (Phi) is 10.1. The Labute approximate surface area is 217 Å². The van der Waals surface area contributed by atoms with Crippen LogP contribution in [-0.4, -0.2) is 86.6 Å². The van der Waals surface area contributed by atoms with Gasteiger partial charge in [0.1, 0.15) is 11.1 Å². The van der Waals surface area contributed by atoms with E-state index in [4.69, 9.17) is 10.8 Å². The molecule has 0 bridgehead atoms. The smallest absolute Gasteiger partial charge is 0.246 e. The first-order chi connectivity index (χ1) is 17.1. The van der Waals surface area contributed by atoms with Crippen molar-refractivity contribution in [1.82, 2.24) is 19.8 Å². The van der Waals surface area contributed by atoms with Gasteiger partial charge in [-0.1, -0.05) is 13.8 Å². The van der Waals surface area contributed by atoms with Crippen molar-refractivity contribution in [3.63, 3.8) is 0 Å². The molecule has 206 valence electrons. The number of nitrogens with zero attached hydrogens (tertiary/aromatic N) is 2. The second-order valence-corrected chi connectivity index (χ2v) is 13.4. The van der Waals surface area contributed by atoms with Crippen LogP contribution < -0.4 is 10.6 Å². The molecule has 0 aromatic heterocycles. The van der Waals surface area contributed by atoms with E-state index in [-0.39, 0.29) is 22.9 Å². The second kappa shape index (κ2) is 12.5. The van der Waals surface area contributed by atoms with Crippen LogP contribution >= 0.6 is 0 Å². The van der Waals surface area contributed by atoms with Crippen LogP contribution in [0.1, 0.15) is 72.1 Å². The van der Waals surface area contributed by atoms with Gasteiger partial charge in [0.2, 0.25) is 10.0 Å². The van der Waals surface area contributed by atoms with Crippen LogP contribution in [0.4, 0.5) is 4.39 Å². The van der Waals surface area contributed by atoms with E-state index < -0.39 is 21.7 Å². The number of sulfonamides is 1. The zero-order chi connectivity index (χ0) is 26.5. The summed E-state index contributed by atoms with van der Waals surface area (Å²) in [6.45, 7) is 8.37. The summed E-state index contributed by atoms with van der Waals surface area (Å²) in [5.74, 6) is 0.537. The van der Waals surface area contributed by atoms with Gasteiger partial charge in [0.15, 0.2) is 0 Å². The van der Waals surface area contributed by atoms with Crippen molar-refractivity contribution in [2.75, 3.05) is 26.7 Å². The molecular formula is C26H47FN6O2S. The summed E-state index contributed by atoms with van der Waals surface area (Å²) >= 11 is 0. The van der Waals surface area contributed by atoms with Gasteiger partial charge in [0.25, 0.3) is 0 Å². The Morgan fingerprint density at radius 1 is 1.22 bits per heavy atom. The normalized spacial score (nSPS) is 36.7. The maximum atomic E-state index is 13.6. The SMILES string of the molecule is CCCN/C=C(\C=N)S(=O)(=O)N(C)C1(C)CCN(C2CC(C=N)C(NC3CCC(F)CC3)CC2C)C1. The highest BCUT2D eigenvalue weighted by atomic mass is 32.2. The molecule has 2 saturated carbocycles. The molecule has 0 aromatic carbocycles. The number of hydrogen-bond donors (Lipinski definition) is 4. The van der Waals surface area contributed by atoms with Crippen molar-refractivity contribution < 1.29 is 12.8 Å². The number of alkyl halides is 1. The molecule has 3 rings (SSSR count). The molecule has 8 nitrogen and oxygen atoms in total. The Balaban J connectivity index is 1.65.